The molecule has 4 heterocycles. The molecule has 2 aromatic rings. The van der Waals surface area contributed by atoms with Crippen molar-refractivity contribution in [2.45, 2.75) is 24.0 Å². The number of anilines is 2. The van der Waals surface area contributed by atoms with Crippen molar-refractivity contribution < 1.29 is 51.8 Å². The number of hydrogen-bond donors (Lipinski definition) is 3. The Morgan fingerprint density at radius 1 is 1.24 bits per heavy atom. The number of ether oxygens (including phenoxy) is 2. The fraction of sp³-hybridized carbons (Fsp3) is 0.269. The number of nitrogens with one attached hydrogen (secondary N) is 1. The molecule has 4 N–H and O–H groups in total. The second-order valence-corrected chi connectivity index (χ2v) is 11.5. The molecule has 0 saturated carbocycles. The number of amides is 3. The highest BCUT2D eigenvalue weighted by Gasteiger charge is 2.55. The number of carbonyl (C=O) groups is 5. The first-order valence-corrected chi connectivity index (χ1v) is 14.7. The van der Waals surface area contributed by atoms with E-state index >= 15 is 0 Å². The molecule has 3 aliphatic heterocycles. The van der Waals surface area contributed by atoms with Gasteiger partial charge in [-0.15, -0.1) is 23.1 Å². The number of alkyl halides is 3. The molecule has 1 aromatic heterocycles. The summed E-state index contributed by atoms with van der Waals surface area (Å²) in [5.41, 5.74) is 4.82. The van der Waals surface area contributed by atoms with Gasteiger partial charge in [-0.2, -0.15) is 13.2 Å². The number of halogens is 3. The van der Waals surface area contributed by atoms with Crippen LogP contribution in [0.4, 0.5) is 24.0 Å². The minimum absolute atomic E-state index is 0.0462. The number of hydrogen-bond acceptors (Lipinski definition) is 13. The quantitative estimate of drug-likeness (QED) is 0.0739. The molecule has 0 radical (unpaired) electrons. The number of fused-ring (bicyclic) bond motifs is 1. The van der Waals surface area contributed by atoms with E-state index in [0.29, 0.717) is 11.4 Å². The standard InChI is InChI=1S/C26H21F3N6O8S2/c1-42-15-5-3-2-4-14(15)34-7-6-11(20(34)37)8-12-9-44-22-17(32-19(36)16(33-41)13-10-45-25(30)31-13)21(38)35(22)18(12)23(39)43-24(40)26(27,28)29/h2-5,8,10,17,22,41H,6-7,9H2,1H3,(H2,30,31)(H,32,36)/b11-8?,33-16-/t17-,22-/m1/s1. The molecule has 2 atom stereocenters. The summed E-state index contributed by atoms with van der Waals surface area (Å²) in [4.78, 5) is 69.9. The molecular weight excluding hydrogens is 645 g/mol. The minimum atomic E-state index is -5.51. The molecule has 1 aromatic carbocycles. The van der Waals surface area contributed by atoms with Crippen molar-refractivity contribution >= 4 is 69.3 Å². The van der Waals surface area contributed by atoms with Crippen LogP contribution < -0.4 is 20.7 Å². The average molecular weight is 667 g/mol. The van der Waals surface area contributed by atoms with Crippen LogP contribution in [0.25, 0.3) is 0 Å². The van der Waals surface area contributed by atoms with Crippen LogP contribution >= 0.6 is 23.1 Å². The molecule has 236 valence electrons. The first-order valence-electron chi connectivity index (χ1n) is 12.8. The Bertz CT molecular complexity index is 1700. The van der Waals surface area contributed by atoms with E-state index in [1.54, 1.807) is 24.3 Å². The van der Waals surface area contributed by atoms with Gasteiger partial charge in [0.1, 0.15) is 28.6 Å². The van der Waals surface area contributed by atoms with Crippen LogP contribution in [0.1, 0.15) is 12.1 Å². The van der Waals surface area contributed by atoms with Crippen molar-refractivity contribution in [1.82, 2.24) is 15.2 Å². The third kappa shape index (κ3) is 5.95. The number of thioether (sulfide) groups is 1. The van der Waals surface area contributed by atoms with Crippen molar-refractivity contribution in [3.05, 3.63) is 58.3 Å². The Labute approximate surface area is 259 Å². The average Bonchev–Trinajstić information content (AvgIpc) is 3.59. The lowest BCUT2D eigenvalue weighted by atomic mass is 10.0. The molecule has 14 nitrogen and oxygen atoms in total. The van der Waals surface area contributed by atoms with Crippen molar-refractivity contribution in [2.24, 2.45) is 5.16 Å². The van der Waals surface area contributed by atoms with Gasteiger partial charge in [-0.05, 0) is 30.2 Å². The first kappa shape index (κ1) is 31.5. The van der Waals surface area contributed by atoms with E-state index in [0.717, 1.165) is 28.0 Å². The second-order valence-electron chi connectivity index (χ2n) is 9.48. The van der Waals surface area contributed by atoms with Gasteiger partial charge in [0.25, 0.3) is 17.7 Å². The van der Waals surface area contributed by atoms with Gasteiger partial charge < -0.3 is 30.6 Å². The number of allylic oxidation sites excluding steroid dienone is 1. The first-order chi connectivity index (χ1) is 21.3. The van der Waals surface area contributed by atoms with Crippen molar-refractivity contribution in [2.75, 3.05) is 30.0 Å². The fourth-order valence-corrected chi connectivity index (χ4v) is 6.65. The molecule has 2 fully saturated rings. The molecule has 19 heteroatoms. The molecule has 45 heavy (non-hydrogen) atoms. The predicted octanol–water partition coefficient (Wildman–Crippen LogP) is 1.56. The highest BCUT2D eigenvalue weighted by Crippen LogP contribution is 2.42. The summed E-state index contributed by atoms with van der Waals surface area (Å²) in [5, 5.41) is 15.0. The van der Waals surface area contributed by atoms with Gasteiger partial charge in [-0.3, -0.25) is 19.3 Å². The number of nitrogen functional groups attached to an aromatic ring is 1. The number of nitrogens with two attached hydrogens (primary N) is 1. The maximum atomic E-state index is 13.3. The topological polar surface area (TPSA) is 194 Å². The molecule has 0 spiro atoms. The largest absolute Gasteiger partial charge is 0.495 e. The molecule has 0 bridgehead atoms. The number of para-hydroxylation sites is 2. The van der Waals surface area contributed by atoms with Crippen LogP contribution in [-0.2, 0) is 28.7 Å². The van der Waals surface area contributed by atoms with E-state index in [-0.39, 0.29) is 40.7 Å². The van der Waals surface area contributed by atoms with Gasteiger partial charge in [0, 0.05) is 23.3 Å². The van der Waals surface area contributed by atoms with E-state index in [4.69, 9.17) is 10.5 Å². The summed E-state index contributed by atoms with van der Waals surface area (Å²) in [6.45, 7) is 0.219. The number of oxime groups is 1. The zero-order chi connectivity index (χ0) is 32.6. The molecule has 2 saturated heterocycles. The fourth-order valence-electron chi connectivity index (χ4n) is 4.79. The second kappa shape index (κ2) is 12.2. The Balaban J connectivity index is 1.44. The molecule has 0 aliphatic carbocycles. The van der Waals surface area contributed by atoms with E-state index < -0.39 is 58.7 Å². The summed E-state index contributed by atoms with van der Waals surface area (Å²) in [5.74, 6) is -6.71. The zero-order valence-corrected chi connectivity index (χ0v) is 24.5. The zero-order valence-electron chi connectivity index (χ0n) is 22.9. The van der Waals surface area contributed by atoms with Crippen LogP contribution in [0.3, 0.4) is 0 Å². The summed E-state index contributed by atoms with van der Waals surface area (Å²) >= 11 is 1.98. The number of nitrogens with zero attached hydrogens (tertiary/aromatic N) is 4. The van der Waals surface area contributed by atoms with E-state index in [1.807, 2.05) is 0 Å². The number of rotatable bonds is 7. The van der Waals surface area contributed by atoms with Gasteiger partial charge in [0.2, 0.25) is 0 Å². The third-order valence-electron chi connectivity index (χ3n) is 6.82. The smallest absolute Gasteiger partial charge is 0.491 e. The van der Waals surface area contributed by atoms with E-state index in [1.165, 1.54) is 23.5 Å². The molecule has 0 unspecified atom stereocenters. The predicted molar refractivity (Wildman–Crippen MR) is 152 cm³/mol. The summed E-state index contributed by atoms with van der Waals surface area (Å²) < 4.78 is 48.2. The van der Waals surface area contributed by atoms with Gasteiger partial charge in [0.15, 0.2) is 10.8 Å². The molecule has 3 amide bonds. The lowest BCUT2D eigenvalue weighted by molar-refractivity contribution is -0.201. The number of thiazole rings is 1. The van der Waals surface area contributed by atoms with Gasteiger partial charge in [0.05, 0.1) is 12.8 Å². The number of esters is 2. The SMILES string of the molecule is COc1ccccc1N1CCC(=CC2=C(C(=O)OC(=O)C(F)(F)F)N3C(=O)[C@@H](NC(=O)/C(=N\O)c4csc(N)n4)[C@H]3SC2)C1=O. The van der Waals surface area contributed by atoms with Gasteiger partial charge in [-0.1, -0.05) is 17.3 Å². The summed E-state index contributed by atoms with van der Waals surface area (Å²) in [6, 6.07) is 5.41. The number of β-lactam (4-membered cyclic amide) rings is 1. The van der Waals surface area contributed by atoms with E-state index in [9.17, 15) is 42.4 Å². The Morgan fingerprint density at radius 2 is 1.98 bits per heavy atom. The highest BCUT2D eigenvalue weighted by atomic mass is 32.2. The van der Waals surface area contributed by atoms with Crippen LogP contribution in [0, 0.1) is 0 Å². The number of carbonyl (C=O) groups excluding carboxylic acids is 5. The monoisotopic (exact) mass is 666 g/mol. The van der Waals surface area contributed by atoms with E-state index in [2.05, 4.69) is 20.2 Å². The maximum Gasteiger partial charge on any atom is 0.491 e. The Kier molecular flexibility index (Phi) is 8.57. The molecule has 3 aliphatic rings. The number of benzene rings is 1. The van der Waals surface area contributed by atoms with Crippen molar-refractivity contribution in [3.8, 4) is 5.75 Å². The molecular formula is C26H21F3N6O8S2. The molecule has 5 rings (SSSR count). The van der Waals surface area contributed by atoms with Crippen LogP contribution in [0.2, 0.25) is 0 Å². The van der Waals surface area contributed by atoms with Crippen molar-refractivity contribution in [3.63, 3.8) is 0 Å². The highest BCUT2D eigenvalue weighted by molar-refractivity contribution is 8.00. The lowest BCUT2D eigenvalue weighted by Crippen LogP contribution is -2.71. The van der Waals surface area contributed by atoms with Crippen LogP contribution in [0.5, 0.6) is 5.75 Å². The Morgan fingerprint density at radius 3 is 2.62 bits per heavy atom. The number of methoxy groups -OCH3 is 1. The van der Waals surface area contributed by atoms with Crippen LogP contribution in [-0.4, -0.2) is 87.5 Å². The Hall–Kier alpha value is -4.91. The number of aromatic nitrogens is 1. The van der Waals surface area contributed by atoms with Gasteiger partial charge >= 0.3 is 18.1 Å². The van der Waals surface area contributed by atoms with Crippen LogP contribution in [0.15, 0.2) is 57.7 Å². The third-order valence-corrected chi connectivity index (χ3v) is 8.80. The lowest BCUT2D eigenvalue weighted by Gasteiger charge is -2.49. The normalized spacial score (nSPS) is 21.1. The van der Waals surface area contributed by atoms with Gasteiger partial charge in [-0.25, -0.2) is 14.6 Å². The summed E-state index contributed by atoms with van der Waals surface area (Å²) in [6.07, 6.45) is -4.06. The van der Waals surface area contributed by atoms with Crippen molar-refractivity contribution in [1.29, 1.82) is 0 Å². The minimum Gasteiger partial charge on any atom is -0.495 e. The maximum absolute atomic E-state index is 13.3. The summed E-state index contributed by atoms with van der Waals surface area (Å²) in [7, 11) is 1.43.